The van der Waals surface area contributed by atoms with Crippen molar-refractivity contribution in [1.29, 1.82) is 0 Å². The van der Waals surface area contributed by atoms with Crippen LogP contribution in [0.25, 0.3) is 0 Å². The Kier molecular flexibility index (Phi) is 5.68. The quantitative estimate of drug-likeness (QED) is 0.836. The summed E-state index contributed by atoms with van der Waals surface area (Å²) >= 11 is 0. The molecule has 6 heteroatoms. The molecule has 1 N–H and O–H groups in total. The smallest absolute Gasteiger partial charge is 0.416 e. The highest BCUT2D eigenvalue weighted by atomic mass is 19.4. The Labute approximate surface area is 134 Å². The molecule has 23 heavy (non-hydrogen) atoms. The molecule has 0 radical (unpaired) electrons. The molecule has 0 saturated carbocycles. The Bertz CT molecular complexity index is 545. The van der Waals surface area contributed by atoms with E-state index in [0.29, 0.717) is 24.9 Å². The van der Waals surface area contributed by atoms with Gasteiger partial charge in [0.05, 0.1) is 5.56 Å². The zero-order valence-electron chi connectivity index (χ0n) is 13.1. The predicted octanol–water partition coefficient (Wildman–Crippen LogP) is 4.49. The first-order chi connectivity index (χ1) is 10.8. The van der Waals surface area contributed by atoms with Gasteiger partial charge in [-0.05, 0) is 43.5 Å². The molecule has 2 atom stereocenters. The Morgan fingerprint density at radius 3 is 2.78 bits per heavy atom. The fourth-order valence-corrected chi connectivity index (χ4v) is 3.27. The number of halogens is 3. The van der Waals surface area contributed by atoms with E-state index in [2.05, 4.69) is 0 Å². The summed E-state index contributed by atoms with van der Waals surface area (Å²) in [4.78, 5) is 13.3. The van der Waals surface area contributed by atoms with Crippen molar-refractivity contribution in [2.24, 2.45) is 0 Å². The molecule has 3 nitrogen and oxygen atoms in total. The topological polar surface area (TPSA) is 40.5 Å². The van der Waals surface area contributed by atoms with E-state index < -0.39 is 23.8 Å². The molecule has 0 amide bonds. The number of rotatable bonds is 6. The van der Waals surface area contributed by atoms with Gasteiger partial charge in [0.2, 0.25) is 0 Å². The molecule has 1 aromatic rings. The highest BCUT2D eigenvalue weighted by Crippen LogP contribution is 2.36. The third kappa shape index (κ3) is 4.25. The first-order valence-electron chi connectivity index (χ1n) is 8.00. The molecular formula is C17H22F3NO2. The number of aliphatic carboxylic acids is 1. The van der Waals surface area contributed by atoms with Crippen LogP contribution in [-0.2, 0) is 11.0 Å². The van der Waals surface area contributed by atoms with E-state index in [1.807, 2.05) is 11.8 Å². The highest BCUT2D eigenvalue weighted by molar-refractivity contribution is 5.73. The summed E-state index contributed by atoms with van der Waals surface area (Å²) in [5.41, 5.74) is -0.121. The van der Waals surface area contributed by atoms with Gasteiger partial charge >= 0.3 is 12.1 Å². The van der Waals surface area contributed by atoms with Crippen LogP contribution in [-0.4, -0.2) is 28.6 Å². The molecule has 128 valence electrons. The van der Waals surface area contributed by atoms with Crippen molar-refractivity contribution in [3.63, 3.8) is 0 Å². The Morgan fingerprint density at radius 2 is 2.17 bits per heavy atom. The molecule has 1 heterocycles. The Hall–Kier alpha value is -1.56. The van der Waals surface area contributed by atoms with Gasteiger partial charge in [-0.25, -0.2) is 0 Å². The summed E-state index contributed by atoms with van der Waals surface area (Å²) in [5.74, 6) is -0.893. The number of nitrogens with zero attached hydrogens (tertiary/aromatic N) is 1. The fraction of sp³-hybridized carbons (Fsp3) is 0.588. The summed E-state index contributed by atoms with van der Waals surface area (Å²) in [7, 11) is 0. The van der Waals surface area contributed by atoms with Crippen LogP contribution in [0.2, 0.25) is 0 Å². The molecule has 1 aliphatic rings. The first kappa shape index (κ1) is 17.8. The van der Waals surface area contributed by atoms with Crippen molar-refractivity contribution in [3.8, 4) is 0 Å². The van der Waals surface area contributed by atoms with E-state index in [9.17, 15) is 23.1 Å². The maximum atomic E-state index is 13.0. The van der Waals surface area contributed by atoms with Gasteiger partial charge in [-0.3, -0.25) is 9.69 Å². The zero-order chi connectivity index (χ0) is 17.0. The normalized spacial score (nSPS) is 20.6. The molecule has 1 aliphatic heterocycles. The van der Waals surface area contributed by atoms with Crippen LogP contribution in [0, 0.1) is 0 Å². The molecule has 1 fully saturated rings. The van der Waals surface area contributed by atoms with Crippen LogP contribution in [0.3, 0.4) is 0 Å². The van der Waals surface area contributed by atoms with Crippen LogP contribution in [0.5, 0.6) is 0 Å². The average Bonchev–Trinajstić information content (AvgIpc) is 2.97. The van der Waals surface area contributed by atoms with Crippen LogP contribution in [0.1, 0.15) is 56.2 Å². The van der Waals surface area contributed by atoms with Gasteiger partial charge in [0.15, 0.2) is 0 Å². The predicted molar refractivity (Wildman–Crippen MR) is 81.1 cm³/mol. The maximum absolute atomic E-state index is 13.0. The van der Waals surface area contributed by atoms with Gasteiger partial charge in [-0.1, -0.05) is 31.9 Å². The molecule has 0 spiro atoms. The minimum absolute atomic E-state index is 0.277. The van der Waals surface area contributed by atoms with Gasteiger partial charge in [0.1, 0.15) is 6.04 Å². The molecule has 0 aromatic heterocycles. The second-order valence-corrected chi connectivity index (χ2v) is 6.02. The monoisotopic (exact) mass is 329 g/mol. The summed E-state index contributed by atoms with van der Waals surface area (Å²) in [6, 6.07) is 4.42. The van der Waals surface area contributed by atoms with Crippen LogP contribution in [0.4, 0.5) is 13.2 Å². The van der Waals surface area contributed by atoms with Gasteiger partial charge < -0.3 is 5.11 Å². The van der Waals surface area contributed by atoms with E-state index in [4.69, 9.17) is 0 Å². The minimum Gasteiger partial charge on any atom is -0.480 e. The Balaban J connectivity index is 2.33. The fourth-order valence-electron chi connectivity index (χ4n) is 3.27. The molecule has 0 bridgehead atoms. The van der Waals surface area contributed by atoms with Gasteiger partial charge in [-0.2, -0.15) is 13.2 Å². The number of hydrogen-bond acceptors (Lipinski definition) is 2. The van der Waals surface area contributed by atoms with Crippen LogP contribution < -0.4 is 0 Å². The number of likely N-dealkylation sites (tertiary alicyclic amines) is 1. The van der Waals surface area contributed by atoms with E-state index >= 15 is 0 Å². The molecule has 0 aliphatic carbocycles. The number of unbranched alkanes of at least 4 members (excludes halogenated alkanes) is 1. The van der Waals surface area contributed by atoms with Crippen molar-refractivity contribution in [1.82, 2.24) is 4.90 Å². The van der Waals surface area contributed by atoms with E-state index in [1.165, 1.54) is 6.07 Å². The number of benzene rings is 1. The second-order valence-electron chi connectivity index (χ2n) is 6.02. The number of carbonyl (C=O) groups is 1. The van der Waals surface area contributed by atoms with Crippen molar-refractivity contribution in [3.05, 3.63) is 35.4 Å². The lowest BCUT2D eigenvalue weighted by atomic mass is 9.96. The van der Waals surface area contributed by atoms with Gasteiger partial charge in [0.25, 0.3) is 0 Å². The first-order valence-corrected chi connectivity index (χ1v) is 8.00. The van der Waals surface area contributed by atoms with E-state index in [-0.39, 0.29) is 6.04 Å². The average molecular weight is 329 g/mol. The SMILES string of the molecule is CCCCC(c1cccc(C(F)(F)F)c1)N1CCCC1C(=O)O. The van der Waals surface area contributed by atoms with Crippen molar-refractivity contribution in [2.75, 3.05) is 6.54 Å². The summed E-state index contributed by atoms with van der Waals surface area (Å²) < 4.78 is 38.9. The molecular weight excluding hydrogens is 307 g/mol. The molecule has 1 aromatic carbocycles. The maximum Gasteiger partial charge on any atom is 0.416 e. The third-order valence-corrected chi connectivity index (χ3v) is 4.41. The number of hydrogen-bond donors (Lipinski definition) is 1. The molecule has 2 unspecified atom stereocenters. The number of alkyl halides is 3. The molecule has 1 saturated heterocycles. The van der Waals surface area contributed by atoms with Crippen LogP contribution >= 0.6 is 0 Å². The van der Waals surface area contributed by atoms with E-state index in [0.717, 1.165) is 31.4 Å². The summed E-state index contributed by atoms with van der Waals surface area (Å²) in [5, 5.41) is 9.37. The third-order valence-electron chi connectivity index (χ3n) is 4.41. The second kappa shape index (κ2) is 7.34. The highest BCUT2D eigenvalue weighted by Gasteiger charge is 2.37. The molecule has 2 rings (SSSR count). The van der Waals surface area contributed by atoms with Crippen molar-refractivity contribution in [2.45, 2.75) is 57.3 Å². The number of carboxylic acids is 1. The minimum atomic E-state index is -4.39. The zero-order valence-corrected chi connectivity index (χ0v) is 13.1. The van der Waals surface area contributed by atoms with Crippen molar-refractivity contribution < 1.29 is 23.1 Å². The number of carboxylic acid groups (broad SMARTS) is 1. The van der Waals surface area contributed by atoms with Gasteiger partial charge in [-0.15, -0.1) is 0 Å². The van der Waals surface area contributed by atoms with Crippen molar-refractivity contribution >= 4 is 5.97 Å². The summed E-state index contributed by atoms with van der Waals surface area (Å²) in [6.07, 6.45) is -0.635. The lowest BCUT2D eigenvalue weighted by Crippen LogP contribution is -2.38. The standard InChI is InChI=1S/C17H22F3NO2/c1-2-3-8-14(21-10-5-9-15(21)16(22)23)12-6-4-7-13(11-12)17(18,19)20/h4,6-7,11,14-15H,2-3,5,8-10H2,1H3,(H,22,23). The summed E-state index contributed by atoms with van der Waals surface area (Å²) in [6.45, 7) is 2.63. The van der Waals surface area contributed by atoms with Crippen LogP contribution in [0.15, 0.2) is 24.3 Å². The van der Waals surface area contributed by atoms with E-state index in [1.54, 1.807) is 6.07 Å². The lowest BCUT2D eigenvalue weighted by Gasteiger charge is -2.32. The Morgan fingerprint density at radius 1 is 1.43 bits per heavy atom. The largest absolute Gasteiger partial charge is 0.480 e. The lowest BCUT2D eigenvalue weighted by molar-refractivity contribution is -0.143. The van der Waals surface area contributed by atoms with Gasteiger partial charge in [0, 0.05) is 6.04 Å².